The lowest BCUT2D eigenvalue weighted by molar-refractivity contribution is -0.148. The molecule has 4 rings (SSSR count). The fourth-order valence-electron chi connectivity index (χ4n) is 5.27. The summed E-state index contributed by atoms with van der Waals surface area (Å²) in [5.74, 6) is 0.787. The molecule has 3 fully saturated rings. The van der Waals surface area contributed by atoms with Crippen LogP contribution in [0.25, 0.3) is 0 Å². The van der Waals surface area contributed by atoms with Crippen LogP contribution in [-0.2, 0) is 14.8 Å². The van der Waals surface area contributed by atoms with E-state index in [0.717, 1.165) is 25.7 Å². The third-order valence-corrected chi connectivity index (χ3v) is 9.15. The number of fused-ring (bicyclic) bond motifs is 1. The van der Waals surface area contributed by atoms with Gasteiger partial charge in [0.15, 0.2) is 0 Å². The largest absolute Gasteiger partial charge is 0.497 e. The molecule has 1 aromatic rings. The zero-order chi connectivity index (χ0) is 21.4. The molecule has 0 aromatic heterocycles. The van der Waals surface area contributed by atoms with Gasteiger partial charge in [0.2, 0.25) is 15.9 Å². The molecule has 1 N–H and O–H groups in total. The number of benzene rings is 1. The predicted molar refractivity (Wildman–Crippen MR) is 113 cm³/mol. The number of hydrogen-bond donors (Lipinski definition) is 1. The van der Waals surface area contributed by atoms with Gasteiger partial charge in [0.25, 0.3) is 0 Å². The van der Waals surface area contributed by atoms with Gasteiger partial charge in [-0.25, -0.2) is 8.42 Å². The van der Waals surface area contributed by atoms with Crippen LogP contribution in [0.4, 0.5) is 0 Å². The van der Waals surface area contributed by atoms with Crippen molar-refractivity contribution < 1.29 is 23.1 Å². The summed E-state index contributed by atoms with van der Waals surface area (Å²) in [6, 6.07) is 6.41. The van der Waals surface area contributed by atoms with Crippen LogP contribution in [0.1, 0.15) is 44.9 Å². The van der Waals surface area contributed by atoms with Gasteiger partial charge in [0, 0.05) is 38.0 Å². The highest BCUT2D eigenvalue weighted by Crippen LogP contribution is 2.40. The topological polar surface area (TPSA) is 87.2 Å². The Morgan fingerprint density at radius 2 is 1.77 bits per heavy atom. The van der Waals surface area contributed by atoms with Gasteiger partial charge < -0.3 is 14.7 Å². The predicted octanol–water partition coefficient (Wildman–Crippen LogP) is 2.25. The minimum Gasteiger partial charge on any atom is -0.497 e. The maximum absolute atomic E-state index is 13.1. The highest BCUT2D eigenvalue weighted by molar-refractivity contribution is 7.89. The van der Waals surface area contributed by atoms with Crippen LogP contribution >= 0.6 is 0 Å². The number of carbonyl (C=O) groups is 1. The molecule has 1 aliphatic carbocycles. The number of sulfonamides is 1. The van der Waals surface area contributed by atoms with E-state index in [2.05, 4.69) is 0 Å². The number of likely N-dealkylation sites (tertiary alicyclic amines) is 1. The fourth-order valence-corrected chi connectivity index (χ4v) is 6.74. The lowest BCUT2D eigenvalue weighted by Crippen LogP contribution is -2.56. The number of methoxy groups -OCH3 is 1. The maximum atomic E-state index is 13.1. The molecular formula is C22H32N2O5S. The highest BCUT2D eigenvalue weighted by atomic mass is 32.2. The standard InChI is InChI=1S/C22H32N2O5S/c1-29-19-5-7-20(8-6-19)30(27,28)24-13-9-17(10-14-24)21(25)23-15-12-22(26)11-3-2-4-18(22)16-23/h5-8,17-18,26H,2-4,9-16H2,1H3. The van der Waals surface area contributed by atoms with Gasteiger partial charge >= 0.3 is 0 Å². The number of nitrogens with zero attached hydrogens (tertiary/aromatic N) is 2. The van der Waals surface area contributed by atoms with E-state index in [1.54, 1.807) is 31.4 Å². The third-order valence-electron chi connectivity index (χ3n) is 7.24. The maximum Gasteiger partial charge on any atom is 0.243 e. The van der Waals surface area contributed by atoms with E-state index in [1.807, 2.05) is 4.90 Å². The van der Waals surface area contributed by atoms with Crippen molar-refractivity contribution in [2.24, 2.45) is 11.8 Å². The second-order valence-electron chi connectivity index (χ2n) is 8.93. The number of aliphatic hydroxyl groups is 1. The molecule has 0 radical (unpaired) electrons. The minimum absolute atomic E-state index is 0.129. The van der Waals surface area contributed by atoms with Crippen molar-refractivity contribution in [3.8, 4) is 5.75 Å². The van der Waals surface area contributed by atoms with E-state index >= 15 is 0 Å². The first-order valence-corrected chi connectivity index (χ1v) is 12.4. The number of rotatable bonds is 4. The second kappa shape index (κ2) is 8.48. The Kier molecular flexibility index (Phi) is 6.10. The van der Waals surface area contributed by atoms with Crippen molar-refractivity contribution in [3.63, 3.8) is 0 Å². The van der Waals surface area contributed by atoms with Crippen molar-refractivity contribution in [1.82, 2.24) is 9.21 Å². The van der Waals surface area contributed by atoms with E-state index in [1.165, 1.54) is 4.31 Å². The smallest absolute Gasteiger partial charge is 0.243 e. The van der Waals surface area contributed by atoms with Gasteiger partial charge in [0.1, 0.15) is 5.75 Å². The number of carbonyl (C=O) groups excluding carboxylic acids is 1. The normalized spacial score (nSPS) is 28.7. The second-order valence-corrected chi connectivity index (χ2v) is 10.9. The number of ether oxygens (including phenoxy) is 1. The molecule has 2 unspecified atom stereocenters. The molecule has 7 nitrogen and oxygen atoms in total. The zero-order valence-electron chi connectivity index (χ0n) is 17.6. The summed E-state index contributed by atoms with van der Waals surface area (Å²) in [6.45, 7) is 1.95. The molecule has 2 saturated heterocycles. The fraction of sp³-hybridized carbons (Fsp3) is 0.682. The Hall–Kier alpha value is -1.64. The molecule has 8 heteroatoms. The third kappa shape index (κ3) is 4.09. The molecule has 1 saturated carbocycles. The van der Waals surface area contributed by atoms with Gasteiger partial charge in [-0.05, 0) is 56.4 Å². The van der Waals surface area contributed by atoms with Crippen LogP contribution in [-0.4, -0.2) is 67.5 Å². The summed E-state index contributed by atoms with van der Waals surface area (Å²) in [7, 11) is -2.02. The Morgan fingerprint density at radius 3 is 2.43 bits per heavy atom. The van der Waals surface area contributed by atoms with E-state index in [4.69, 9.17) is 4.74 Å². The van der Waals surface area contributed by atoms with Crippen molar-refractivity contribution in [1.29, 1.82) is 0 Å². The van der Waals surface area contributed by atoms with E-state index in [0.29, 0.717) is 51.2 Å². The summed E-state index contributed by atoms with van der Waals surface area (Å²) in [5, 5.41) is 10.8. The quantitative estimate of drug-likeness (QED) is 0.782. The van der Waals surface area contributed by atoms with Crippen molar-refractivity contribution in [2.45, 2.75) is 55.4 Å². The molecule has 2 aliphatic heterocycles. The van der Waals surface area contributed by atoms with Crippen LogP contribution in [0.15, 0.2) is 29.2 Å². The summed E-state index contributed by atoms with van der Waals surface area (Å²) in [4.78, 5) is 15.3. The molecule has 0 bridgehead atoms. The van der Waals surface area contributed by atoms with Gasteiger partial charge in [-0.2, -0.15) is 4.31 Å². The minimum atomic E-state index is -3.57. The monoisotopic (exact) mass is 436 g/mol. The van der Waals surface area contributed by atoms with E-state index < -0.39 is 15.6 Å². The lowest BCUT2D eigenvalue weighted by Gasteiger charge is -2.48. The first-order chi connectivity index (χ1) is 14.3. The molecule has 1 amide bonds. The van der Waals surface area contributed by atoms with Crippen molar-refractivity contribution >= 4 is 15.9 Å². The Balaban J connectivity index is 1.35. The summed E-state index contributed by atoms with van der Waals surface area (Å²) < 4.78 is 32.4. The number of piperidine rings is 2. The van der Waals surface area contributed by atoms with Crippen LogP contribution in [0, 0.1) is 11.8 Å². The highest BCUT2D eigenvalue weighted by Gasteiger charge is 2.45. The molecule has 30 heavy (non-hydrogen) atoms. The first kappa shape index (κ1) is 21.6. The van der Waals surface area contributed by atoms with Gasteiger partial charge in [-0.1, -0.05) is 12.8 Å². The first-order valence-electron chi connectivity index (χ1n) is 11.0. The molecule has 166 valence electrons. The van der Waals surface area contributed by atoms with Gasteiger partial charge in [0.05, 0.1) is 17.6 Å². The Bertz CT molecular complexity index is 864. The average Bonchev–Trinajstić information content (AvgIpc) is 2.78. The summed E-state index contributed by atoms with van der Waals surface area (Å²) in [5.41, 5.74) is -0.592. The van der Waals surface area contributed by atoms with Crippen LogP contribution in [0.2, 0.25) is 0 Å². The SMILES string of the molecule is COc1ccc(S(=O)(=O)N2CCC(C(=O)N3CCC4(O)CCCCC4C3)CC2)cc1. The van der Waals surface area contributed by atoms with Crippen molar-refractivity contribution in [3.05, 3.63) is 24.3 Å². The lowest BCUT2D eigenvalue weighted by atomic mass is 9.71. The molecular weight excluding hydrogens is 404 g/mol. The molecule has 3 aliphatic rings. The Morgan fingerprint density at radius 1 is 1.07 bits per heavy atom. The van der Waals surface area contributed by atoms with Crippen LogP contribution in [0.3, 0.4) is 0 Å². The van der Waals surface area contributed by atoms with Gasteiger partial charge in [-0.3, -0.25) is 4.79 Å². The average molecular weight is 437 g/mol. The summed E-state index contributed by atoms with van der Waals surface area (Å²) >= 11 is 0. The molecule has 2 heterocycles. The molecule has 0 spiro atoms. The van der Waals surface area contributed by atoms with Crippen LogP contribution < -0.4 is 4.74 Å². The molecule has 2 atom stereocenters. The number of amides is 1. The van der Waals surface area contributed by atoms with E-state index in [9.17, 15) is 18.3 Å². The van der Waals surface area contributed by atoms with Gasteiger partial charge in [-0.15, -0.1) is 0 Å². The van der Waals surface area contributed by atoms with Crippen molar-refractivity contribution in [2.75, 3.05) is 33.3 Å². The molecule has 1 aromatic carbocycles. The summed E-state index contributed by atoms with van der Waals surface area (Å²) in [6.07, 6.45) is 5.77. The Labute approximate surface area is 179 Å². The van der Waals surface area contributed by atoms with Crippen LogP contribution in [0.5, 0.6) is 5.75 Å². The zero-order valence-corrected chi connectivity index (χ0v) is 18.4. The number of hydrogen-bond acceptors (Lipinski definition) is 5. The van der Waals surface area contributed by atoms with E-state index in [-0.39, 0.29) is 22.6 Å².